The molecule has 1 unspecified atom stereocenters. The maximum absolute atomic E-state index is 12.4. The molecule has 1 aliphatic heterocycles. The summed E-state index contributed by atoms with van der Waals surface area (Å²) in [5.41, 5.74) is 0.450. The van der Waals surface area contributed by atoms with Crippen LogP contribution in [0.1, 0.15) is 44.2 Å². The van der Waals surface area contributed by atoms with Crippen LogP contribution in [-0.2, 0) is 4.74 Å². The lowest BCUT2D eigenvalue weighted by Crippen LogP contribution is -2.52. The van der Waals surface area contributed by atoms with Crippen LogP contribution in [0.2, 0.25) is 5.02 Å². The molecule has 25 heavy (non-hydrogen) atoms. The highest BCUT2D eigenvalue weighted by atomic mass is 35.5. The highest BCUT2D eigenvalue weighted by Crippen LogP contribution is 2.36. The molecule has 1 aliphatic carbocycles. The maximum atomic E-state index is 12.4. The summed E-state index contributed by atoms with van der Waals surface area (Å²) in [7, 11) is 0. The van der Waals surface area contributed by atoms with E-state index < -0.39 is 11.6 Å². The summed E-state index contributed by atoms with van der Waals surface area (Å²) in [6.45, 7) is 2.38. The van der Waals surface area contributed by atoms with Crippen LogP contribution in [0.15, 0.2) is 24.3 Å². The van der Waals surface area contributed by atoms with Crippen LogP contribution in [0.25, 0.3) is 0 Å². The predicted octanol–water partition coefficient (Wildman–Crippen LogP) is 3.37. The van der Waals surface area contributed by atoms with Gasteiger partial charge in [-0.1, -0.05) is 36.6 Å². The van der Waals surface area contributed by atoms with E-state index in [1.54, 1.807) is 0 Å². The smallest absolute Gasteiger partial charge is 0.407 e. The zero-order valence-corrected chi connectivity index (χ0v) is 15.1. The molecule has 3 amide bonds. The largest absolute Gasteiger partial charge is 0.447 e. The first-order chi connectivity index (χ1) is 12.0. The number of carbonyl (C=O) groups is 2. The van der Waals surface area contributed by atoms with Crippen molar-refractivity contribution in [3.8, 4) is 0 Å². The summed E-state index contributed by atoms with van der Waals surface area (Å²) in [5, 5.41) is 9.32. The Bertz CT molecular complexity index is 648. The van der Waals surface area contributed by atoms with Crippen LogP contribution in [0, 0.1) is 5.92 Å². The van der Waals surface area contributed by atoms with Crippen molar-refractivity contribution in [1.82, 2.24) is 16.0 Å². The van der Waals surface area contributed by atoms with E-state index in [4.69, 9.17) is 16.3 Å². The predicted molar refractivity (Wildman–Crippen MR) is 95.6 cm³/mol. The van der Waals surface area contributed by atoms with Gasteiger partial charge in [-0.15, -0.1) is 0 Å². The van der Waals surface area contributed by atoms with Crippen molar-refractivity contribution in [3.63, 3.8) is 0 Å². The minimum absolute atomic E-state index is 0.0663. The van der Waals surface area contributed by atoms with Gasteiger partial charge in [-0.3, -0.25) is 0 Å². The summed E-state index contributed by atoms with van der Waals surface area (Å²) in [6, 6.07) is 7.34. The average Bonchev–Trinajstić information content (AvgIpc) is 3.21. The SMILES string of the molecule is CC1(CNC(=O)N[C@H](c2cccc(Cl)c2)C2CCCC2)COC(=O)N1. The third-order valence-corrected chi connectivity index (χ3v) is 5.17. The molecule has 136 valence electrons. The van der Waals surface area contributed by atoms with Crippen molar-refractivity contribution < 1.29 is 14.3 Å². The number of ether oxygens (including phenoxy) is 1. The Labute approximate surface area is 152 Å². The summed E-state index contributed by atoms with van der Waals surface area (Å²) >= 11 is 6.13. The Kier molecular flexibility index (Phi) is 5.37. The van der Waals surface area contributed by atoms with Crippen LogP contribution in [0.4, 0.5) is 9.59 Å². The fraction of sp³-hybridized carbons (Fsp3) is 0.556. The number of carbonyl (C=O) groups excluding carboxylic acids is 2. The Hall–Kier alpha value is -1.95. The number of halogens is 1. The van der Waals surface area contributed by atoms with Gasteiger partial charge >= 0.3 is 12.1 Å². The van der Waals surface area contributed by atoms with E-state index in [2.05, 4.69) is 16.0 Å². The number of amides is 3. The second kappa shape index (κ2) is 7.52. The minimum Gasteiger partial charge on any atom is -0.447 e. The Morgan fingerprint density at radius 1 is 1.44 bits per heavy atom. The topological polar surface area (TPSA) is 79.5 Å². The van der Waals surface area contributed by atoms with E-state index in [0.717, 1.165) is 18.4 Å². The molecule has 0 spiro atoms. The Balaban J connectivity index is 1.63. The van der Waals surface area contributed by atoms with Crippen LogP contribution in [-0.4, -0.2) is 30.8 Å². The Morgan fingerprint density at radius 3 is 2.84 bits per heavy atom. The molecule has 2 atom stereocenters. The zero-order valence-electron chi connectivity index (χ0n) is 14.3. The number of urea groups is 1. The van der Waals surface area contributed by atoms with Gasteiger partial charge in [0.05, 0.1) is 11.6 Å². The third kappa shape index (κ3) is 4.57. The summed E-state index contributed by atoms with van der Waals surface area (Å²) < 4.78 is 4.91. The molecule has 1 heterocycles. The Morgan fingerprint density at radius 2 is 2.20 bits per heavy atom. The first-order valence-electron chi connectivity index (χ1n) is 8.70. The molecule has 1 aromatic carbocycles. The fourth-order valence-corrected chi connectivity index (χ4v) is 3.77. The summed E-state index contributed by atoms with van der Waals surface area (Å²) in [5.74, 6) is 0.411. The molecule has 7 heteroatoms. The molecule has 3 N–H and O–H groups in total. The lowest BCUT2D eigenvalue weighted by atomic mass is 9.92. The highest BCUT2D eigenvalue weighted by molar-refractivity contribution is 6.30. The van der Waals surface area contributed by atoms with E-state index in [0.29, 0.717) is 17.5 Å². The molecule has 6 nitrogen and oxygen atoms in total. The molecule has 1 aromatic rings. The lowest BCUT2D eigenvalue weighted by molar-refractivity contribution is 0.173. The number of alkyl carbamates (subject to hydrolysis) is 1. The zero-order chi connectivity index (χ0) is 17.9. The molecule has 0 radical (unpaired) electrons. The average molecular weight is 366 g/mol. The number of nitrogens with one attached hydrogen (secondary N) is 3. The van der Waals surface area contributed by atoms with E-state index >= 15 is 0 Å². The quantitative estimate of drug-likeness (QED) is 0.748. The van der Waals surface area contributed by atoms with Crippen LogP contribution >= 0.6 is 11.6 Å². The second-order valence-corrected chi connectivity index (χ2v) is 7.60. The molecule has 2 aliphatic rings. The first kappa shape index (κ1) is 17.9. The number of hydrogen-bond acceptors (Lipinski definition) is 3. The van der Waals surface area contributed by atoms with Gasteiger partial charge in [-0.2, -0.15) is 0 Å². The molecular weight excluding hydrogens is 342 g/mol. The monoisotopic (exact) mass is 365 g/mol. The van der Waals surface area contributed by atoms with Crippen molar-refractivity contribution in [1.29, 1.82) is 0 Å². The highest BCUT2D eigenvalue weighted by Gasteiger charge is 2.35. The standard InChI is InChI=1S/C18H24ClN3O3/c1-18(11-25-17(24)22-18)10-20-16(23)21-15(12-5-2-3-6-12)13-7-4-8-14(19)9-13/h4,7-9,12,15H,2-3,5-6,10-11H2,1H3,(H,22,24)(H2,20,21,23)/t15-,18?/m0/s1. The second-order valence-electron chi connectivity index (χ2n) is 7.17. The fourth-order valence-electron chi connectivity index (χ4n) is 3.57. The van der Waals surface area contributed by atoms with Crippen molar-refractivity contribution >= 4 is 23.7 Å². The third-order valence-electron chi connectivity index (χ3n) is 4.93. The van der Waals surface area contributed by atoms with Gasteiger partial charge in [-0.25, -0.2) is 9.59 Å². The lowest BCUT2D eigenvalue weighted by Gasteiger charge is -2.27. The van der Waals surface area contributed by atoms with Crippen molar-refractivity contribution in [2.45, 2.75) is 44.2 Å². The molecule has 0 aromatic heterocycles. The van der Waals surface area contributed by atoms with E-state index in [1.165, 1.54) is 12.8 Å². The van der Waals surface area contributed by atoms with Gasteiger partial charge < -0.3 is 20.7 Å². The minimum atomic E-state index is -0.576. The number of benzene rings is 1. The van der Waals surface area contributed by atoms with Gasteiger partial charge in [0.15, 0.2) is 0 Å². The van der Waals surface area contributed by atoms with Crippen LogP contribution in [0.5, 0.6) is 0 Å². The summed E-state index contributed by atoms with van der Waals surface area (Å²) in [6.07, 6.45) is 4.12. The number of rotatable bonds is 5. The first-order valence-corrected chi connectivity index (χ1v) is 9.08. The van der Waals surface area contributed by atoms with Gasteiger partial charge in [0, 0.05) is 11.6 Å². The number of hydrogen-bond donors (Lipinski definition) is 3. The van der Waals surface area contributed by atoms with Crippen molar-refractivity contribution in [2.24, 2.45) is 5.92 Å². The number of cyclic esters (lactones) is 1. The summed E-state index contributed by atoms with van der Waals surface area (Å²) in [4.78, 5) is 23.6. The maximum Gasteiger partial charge on any atom is 0.407 e. The van der Waals surface area contributed by atoms with E-state index in [-0.39, 0.29) is 18.7 Å². The van der Waals surface area contributed by atoms with Gasteiger partial charge in [0.1, 0.15) is 6.61 Å². The van der Waals surface area contributed by atoms with Gasteiger partial charge in [0.2, 0.25) is 0 Å². The van der Waals surface area contributed by atoms with E-state index in [1.807, 2.05) is 31.2 Å². The van der Waals surface area contributed by atoms with Crippen LogP contribution < -0.4 is 16.0 Å². The normalized spacial score (nSPS) is 24.5. The van der Waals surface area contributed by atoms with E-state index in [9.17, 15) is 9.59 Å². The van der Waals surface area contributed by atoms with Crippen molar-refractivity contribution in [2.75, 3.05) is 13.2 Å². The van der Waals surface area contributed by atoms with Crippen LogP contribution in [0.3, 0.4) is 0 Å². The van der Waals surface area contributed by atoms with Gasteiger partial charge in [-0.05, 0) is 43.4 Å². The molecule has 2 fully saturated rings. The van der Waals surface area contributed by atoms with Crippen molar-refractivity contribution in [3.05, 3.63) is 34.9 Å². The molecule has 1 saturated heterocycles. The van der Waals surface area contributed by atoms with Gasteiger partial charge in [0.25, 0.3) is 0 Å². The molecular formula is C18H24ClN3O3. The molecule has 3 rings (SSSR count). The molecule has 1 saturated carbocycles. The molecule has 0 bridgehead atoms.